The maximum Gasteiger partial charge on any atom is 0.247 e. The van der Waals surface area contributed by atoms with Gasteiger partial charge in [0.25, 0.3) is 0 Å². The first-order valence-electron chi connectivity index (χ1n) is 12.2. The highest BCUT2D eigenvalue weighted by Gasteiger charge is 2.41. The summed E-state index contributed by atoms with van der Waals surface area (Å²) in [4.78, 5) is 6.74. The van der Waals surface area contributed by atoms with Crippen molar-refractivity contribution in [3.05, 3.63) is 76.1 Å². The van der Waals surface area contributed by atoms with Gasteiger partial charge in [-0.1, -0.05) is 44.5 Å². The van der Waals surface area contributed by atoms with E-state index in [0.29, 0.717) is 28.9 Å². The van der Waals surface area contributed by atoms with Gasteiger partial charge >= 0.3 is 0 Å². The van der Waals surface area contributed by atoms with Crippen molar-refractivity contribution in [2.45, 2.75) is 71.2 Å². The van der Waals surface area contributed by atoms with E-state index in [-0.39, 0.29) is 17.1 Å². The fourth-order valence-electron chi connectivity index (χ4n) is 4.12. The van der Waals surface area contributed by atoms with Crippen molar-refractivity contribution in [3.8, 4) is 11.5 Å². The number of hydrogen-bond acceptors (Lipinski definition) is 4. The molecule has 2 aromatic heterocycles. The van der Waals surface area contributed by atoms with E-state index in [4.69, 9.17) is 27.0 Å². The molecule has 2 heterocycles. The van der Waals surface area contributed by atoms with Gasteiger partial charge in [-0.15, -0.1) is 10.2 Å². The number of nitrogens with zero attached hydrogens (tertiary/aromatic N) is 3. The molecule has 0 amide bonds. The van der Waals surface area contributed by atoms with Crippen LogP contribution in [-0.4, -0.2) is 29.6 Å². The molecule has 36 heavy (non-hydrogen) atoms. The Hall–Kier alpha value is -2.92. The van der Waals surface area contributed by atoms with Gasteiger partial charge in [0, 0.05) is 22.7 Å². The Morgan fingerprint density at radius 2 is 1.92 bits per heavy atom. The minimum atomic E-state index is -2.06. The molecule has 2 atom stereocenters. The summed E-state index contributed by atoms with van der Waals surface area (Å²) in [6, 6.07) is 11.8. The Morgan fingerprint density at radius 1 is 1.17 bits per heavy atom. The van der Waals surface area contributed by atoms with Gasteiger partial charge in [-0.25, -0.2) is 4.85 Å². The molecule has 6 nitrogen and oxygen atoms in total. The lowest BCUT2D eigenvalue weighted by Gasteiger charge is -2.40. The van der Waals surface area contributed by atoms with E-state index in [1.54, 1.807) is 6.07 Å². The van der Waals surface area contributed by atoms with Crippen LogP contribution in [0.3, 0.4) is 0 Å². The molecule has 4 aromatic rings. The fourth-order valence-corrected chi connectivity index (χ4v) is 5.79. The number of fused-ring (bicyclic) bond motifs is 1. The second-order valence-corrected chi connectivity index (χ2v) is 16.0. The zero-order chi connectivity index (χ0) is 26.3. The fraction of sp³-hybridized carbons (Fsp3) is 0.393. The van der Waals surface area contributed by atoms with Gasteiger partial charge in [0.1, 0.15) is 0 Å². The number of aromatic nitrogens is 3. The molecular weight excluding hydrogens is 488 g/mol. The number of halogens is 1. The molecule has 0 spiro atoms. The molecule has 0 bridgehead atoms. The number of nitrogens with one attached hydrogen (secondary N) is 1. The molecule has 0 aliphatic heterocycles. The van der Waals surface area contributed by atoms with Crippen LogP contribution in [-0.2, 0) is 10.8 Å². The zero-order valence-electron chi connectivity index (χ0n) is 21.9. The standard InChI is InChI=1S/C28H33ClN4O2Si/c1-17-19(9-12-24(30-6)25(17)29)16-22(18(2)35-36(7,8)28(3,4)5)27-33-32-26(34-27)21-10-11-23-20(15-21)13-14-31-23/h9-15,18,22,31H,16H2,1-5,7-8H3/t18-,22+/m0/s1. The van der Waals surface area contributed by atoms with Crippen molar-refractivity contribution < 1.29 is 8.84 Å². The molecule has 0 fully saturated rings. The van der Waals surface area contributed by atoms with Gasteiger partial charge < -0.3 is 13.8 Å². The monoisotopic (exact) mass is 520 g/mol. The molecule has 1 N–H and O–H groups in total. The van der Waals surface area contributed by atoms with Crippen LogP contribution in [0.15, 0.2) is 47.0 Å². The van der Waals surface area contributed by atoms with E-state index < -0.39 is 8.32 Å². The van der Waals surface area contributed by atoms with Gasteiger partial charge in [0.2, 0.25) is 17.5 Å². The third-order valence-corrected chi connectivity index (χ3v) is 12.5. The predicted molar refractivity (Wildman–Crippen MR) is 148 cm³/mol. The van der Waals surface area contributed by atoms with E-state index in [1.807, 2.05) is 43.5 Å². The second kappa shape index (κ2) is 9.85. The van der Waals surface area contributed by atoms with Crippen molar-refractivity contribution in [1.29, 1.82) is 0 Å². The highest BCUT2D eigenvalue weighted by molar-refractivity contribution is 6.74. The summed E-state index contributed by atoms with van der Waals surface area (Å²) in [5.74, 6) is 0.843. The topological polar surface area (TPSA) is 68.3 Å². The van der Waals surface area contributed by atoms with Gasteiger partial charge in [-0.2, -0.15) is 0 Å². The summed E-state index contributed by atoms with van der Waals surface area (Å²) in [6.07, 6.45) is 2.36. The summed E-state index contributed by atoms with van der Waals surface area (Å²) < 4.78 is 13.1. The van der Waals surface area contributed by atoms with Crippen LogP contribution in [0.2, 0.25) is 23.2 Å². The van der Waals surface area contributed by atoms with Crippen LogP contribution in [0.25, 0.3) is 27.2 Å². The maximum atomic E-state index is 7.37. The van der Waals surface area contributed by atoms with Gasteiger partial charge in [-0.3, -0.25) is 0 Å². The summed E-state index contributed by atoms with van der Waals surface area (Å²) in [5.41, 5.74) is 4.32. The molecule has 0 saturated heterocycles. The van der Waals surface area contributed by atoms with Crippen LogP contribution >= 0.6 is 11.6 Å². The largest absolute Gasteiger partial charge is 0.420 e. The van der Waals surface area contributed by atoms with E-state index in [2.05, 4.69) is 60.8 Å². The van der Waals surface area contributed by atoms with Crippen LogP contribution in [0.5, 0.6) is 0 Å². The van der Waals surface area contributed by atoms with Crippen molar-refractivity contribution in [2.75, 3.05) is 0 Å². The number of aromatic amines is 1. The third-order valence-electron chi connectivity index (χ3n) is 7.45. The maximum absolute atomic E-state index is 7.37. The number of rotatable bonds is 7. The lowest BCUT2D eigenvalue weighted by atomic mass is 9.92. The Kier molecular flexibility index (Phi) is 7.16. The molecule has 0 aliphatic rings. The molecule has 4 rings (SSSR count). The number of benzene rings is 2. The van der Waals surface area contributed by atoms with Crippen molar-refractivity contribution in [3.63, 3.8) is 0 Å². The lowest BCUT2D eigenvalue weighted by molar-refractivity contribution is 0.154. The Labute approximate surface area is 219 Å². The molecular formula is C28H33ClN4O2Si. The number of hydrogen-bond donors (Lipinski definition) is 1. The van der Waals surface area contributed by atoms with Gasteiger partial charge in [0.05, 0.1) is 23.6 Å². The first-order valence-corrected chi connectivity index (χ1v) is 15.4. The minimum Gasteiger partial charge on any atom is -0.420 e. The molecule has 188 valence electrons. The molecule has 0 radical (unpaired) electrons. The SMILES string of the molecule is [C-]#[N+]c1ccc(C[C@@H](c2nnc(-c3ccc4[nH]ccc4c3)o2)[C@H](C)O[Si](C)(C)C(C)(C)C)c(C)c1Cl. The van der Waals surface area contributed by atoms with Crippen LogP contribution in [0, 0.1) is 13.5 Å². The molecule has 0 aliphatic carbocycles. The predicted octanol–water partition coefficient (Wildman–Crippen LogP) is 8.47. The molecule has 8 heteroatoms. The van der Waals surface area contributed by atoms with Crippen molar-refractivity contribution in [1.82, 2.24) is 15.2 Å². The quantitative estimate of drug-likeness (QED) is 0.196. The van der Waals surface area contributed by atoms with Crippen molar-refractivity contribution in [2.24, 2.45) is 0 Å². The third kappa shape index (κ3) is 5.12. The Morgan fingerprint density at radius 3 is 2.61 bits per heavy atom. The van der Waals surface area contributed by atoms with E-state index in [1.165, 1.54) is 0 Å². The van der Waals surface area contributed by atoms with Gasteiger partial charge in [0.15, 0.2) is 8.32 Å². The highest BCUT2D eigenvalue weighted by atomic mass is 35.5. The van der Waals surface area contributed by atoms with Gasteiger partial charge in [-0.05, 0) is 73.8 Å². The summed E-state index contributed by atoms with van der Waals surface area (Å²) in [7, 11) is -2.06. The van der Waals surface area contributed by atoms with E-state index in [9.17, 15) is 0 Å². The molecule has 0 saturated carbocycles. The van der Waals surface area contributed by atoms with E-state index in [0.717, 1.165) is 27.6 Å². The van der Waals surface area contributed by atoms with Crippen LogP contribution in [0.1, 0.15) is 50.6 Å². The first kappa shape index (κ1) is 26.1. The van der Waals surface area contributed by atoms with Crippen LogP contribution < -0.4 is 0 Å². The smallest absolute Gasteiger partial charge is 0.247 e. The summed E-state index contributed by atoms with van der Waals surface area (Å²) in [6.45, 7) is 22.6. The van der Waals surface area contributed by atoms with Crippen molar-refractivity contribution >= 4 is 36.5 Å². The highest BCUT2D eigenvalue weighted by Crippen LogP contribution is 2.40. The summed E-state index contributed by atoms with van der Waals surface area (Å²) >= 11 is 6.50. The van der Waals surface area contributed by atoms with Crippen LogP contribution in [0.4, 0.5) is 5.69 Å². The minimum absolute atomic E-state index is 0.0638. The second-order valence-electron chi connectivity index (χ2n) is 10.9. The Bertz CT molecular complexity index is 1430. The lowest BCUT2D eigenvalue weighted by Crippen LogP contribution is -2.44. The average Bonchev–Trinajstić information content (AvgIpc) is 3.48. The molecule has 2 aromatic carbocycles. The summed E-state index contributed by atoms with van der Waals surface area (Å²) in [5, 5.41) is 10.5. The first-order chi connectivity index (χ1) is 16.9. The average molecular weight is 521 g/mol. The zero-order valence-corrected chi connectivity index (χ0v) is 23.7. The Balaban J connectivity index is 1.71. The van der Waals surface area contributed by atoms with E-state index >= 15 is 0 Å². The normalized spacial score (nSPS) is 14.1. The number of H-pyrrole nitrogens is 1. The molecule has 0 unspecified atom stereocenters.